The number of hydrogen-bond donors (Lipinski definition) is 1. The van der Waals surface area contributed by atoms with Crippen molar-refractivity contribution in [3.05, 3.63) is 41.4 Å². The van der Waals surface area contributed by atoms with Gasteiger partial charge in [-0.3, -0.25) is 9.59 Å². The Hall–Kier alpha value is -2.26. The van der Waals surface area contributed by atoms with Gasteiger partial charge in [-0.2, -0.15) is 0 Å². The fraction of sp³-hybridized carbons (Fsp3) is 0.389. The lowest BCUT2D eigenvalue weighted by molar-refractivity contribution is -0.135. The molecule has 7 nitrogen and oxygen atoms in total. The van der Waals surface area contributed by atoms with Crippen LogP contribution in [0.15, 0.2) is 35.7 Å². The molecule has 0 saturated carbocycles. The lowest BCUT2D eigenvalue weighted by Crippen LogP contribution is -2.51. The SMILES string of the molecule is CC(NC(=O)Cc1csc(-c2ccccc2)n1)C(=O)N1CCS(=O)(=O)CC1. The van der Waals surface area contributed by atoms with Crippen LogP contribution in [0, 0.1) is 0 Å². The van der Waals surface area contributed by atoms with Crippen molar-refractivity contribution >= 4 is 33.0 Å². The number of hydrogen-bond acceptors (Lipinski definition) is 6. The summed E-state index contributed by atoms with van der Waals surface area (Å²) in [5.74, 6) is -0.604. The largest absolute Gasteiger partial charge is 0.344 e. The summed E-state index contributed by atoms with van der Waals surface area (Å²) < 4.78 is 22.9. The van der Waals surface area contributed by atoms with Gasteiger partial charge in [0.05, 0.1) is 23.6 Å². The fourth-order valence-electron chi connectivity index (χ4n) is 2.83. The van der Waals surface area contributed by atoms with E-state index in [1.807, 2.05) is 35.7 Å². The summed E-state index contributed by atoms with van der Waals surface area (Å²) in [5, 5.41) is 5.36. The van der Waals surface area contributed by atoms with Gasteiger partial charge in [0.1, 0.15) is 11.0 Å². The Kier molecular flexibility index (Phi) is 5.91. The molecule has 2 amide bonds. The molecule has 1 aliphatic heterocycles. The van der Waals surface area contributed by atoms with Crippen LogP contribution in [-0.4, -0.2) is 60.8 Å². The average Bonchev–Trinajstić information content (AvgIpc) is 3.10. The molecule has 0 spiro atoms. The summed E-state index contributed by atoms with van der Waals surface area (Å²) in [6, 6.07) is 9.02. The van der Waals surface area contributed by atoms with Gasteiger partial charge in [-0.15, -0.1) is 11.3 Å². The number of amides is 2. The minimum absolute atomic E-state index is 0.0273. The Morgan fingerprint density at radius 2 is 1.89 bits per heavy atom. The van der Waals surface area contributed by atoms with Crippen molar-refractivity contribution < 1.29 is 18.0 Å². The van der Waals surface area contributed by atoms with Crippen LogP contribution >= 0.6 is 11.3 Å². The number of nitrogens with one attached hydrogen (secondary N) is 1. The van der Waals surface area contributed by atoms with E-state index >= 15 is 0 Å². The van der Waals surface area contributed by atoms with Crippen molar-refractivity contribution in [3.63, 3.8) is 0 Å². The van der Waals surface area contributed by atoms with Crippen LogP contribution in [0.2, 0.25) is 0 Å². The van der Waals surface area contributed by atoms with Crippen molar-refractivity contribution in [3.8, 4) is 10.6 Å². The van der Waals surface area contributed by atoms with Crippen molar-refractivity contribution in [1.82, 2.24) is 15.2 Å². The molecular weight excluding hydrogens is 386 g/mol. The standard InChI is InChI=1S/C18H21N3O4S2/c1-13(18(23)21-7-9-27(24,25)10-8-21)19-16(22)11-15-12-26-17(20-15)14-5-3-2-4-6-14/h2-6,12-13H,7-11H2,1H3,(H,19,22). The first-order valence-corrected chi connectivity index (χ1v) is 11.3. The normalized spacial score (nSPS) is 17.3. The van der Waals surface area contributed by atoms with Crippen LogP contribution in [0.3, 0.4) is 0 Å². The molecule has 27 heavy (non-hydrogen) atoms. The number of thiazole rings is 1. The van der Waals surface area contributed by atoms with E-state index in [-0.39, 0.29) is 42.8 Å². The number of aromatic nitrogens is 1. The minimum Gasteiger partial charge on any atom is -0.344 e. The number of carbonyl (C=O) groups is 2. The molecule has 1 fully saturated rings. The van der Waals surface area contributed by atoms with Crippen molar-refractivity contribution in [2.75, 3.05) is 24.6 Å². The lowest BCUT2D eigenvalue weighted by atomic mass is 10.2. The predicted molar refractivity (Wildman–Crippen MR) is 104 cm³/mol. The molecule has 1 unspecified atom stereocenters. The van der Waals surface area contributed by atoms with Crippen molar-refractivity contribution in [2.45, 2.75) is 19.4 Å². The molecule has 1 aromatic carbocycles. The molecule has 0 bridgehead atoms. The highest BCUT2D eigenvalue weighted by molar-refractivity contribution is 7.91. The lowest BCUT2D eigenvalue weighted by Gasteiger charge is -2.29. The number of carbonyl (C=O) groups excluding carboxylic acids is 2. The molecule has 1 aliphatic rings. The summed E-state index contributed by atoms with van der Waals surface area (Å²) in [6.45, 7) is 1.96. The minimum atomic E-state index is -3.05. The van der Waals surface area contributed by atoms with Crippen LogP contribution in [0.1, 0.15) is 12.6 Å². The predicted octanol–water partition coefficient (Wildman–Crippen LogP) is 1.11. The molecule has 9 heteroatoms. The molecule has 1 atom stereocenters. The number of benzene rings is 1. The number of rotatable bonds is 5. The van der Waals surface area contributed by atoms with E-state index in [1.165, 1.54) is 16.2 Å². The first-order valence-electron chi connectivity index (χ1n) is 8.62. The first-order chi connectivity index (χ1) is 12.8. The average molecular weight is 408 g/mol. The second-order valence-electron chi connectivity index (χ2n) is 6.45. The monoisotopic (exact) mass is 407 g/mol. The van der Waals surface area contributed by atoms with Gasteiger partial charge >= 0.3 is 0 Å². The third-order valence-corrected chi connectivity index (χ3v) is 6.87. The quantitative estimate of drug-likeness (QED) is 0.801. The molecule has 144 valence electrons. The first kappa shape index (κ1) is 19.5. The van der Waals surface area contributed by atoms with Gasteiger partial charge in [0.2, 0.25) is 11.8 Å². The molecule has 0 aliphatic carbocycles. The molecule has 1 aromatic heterocycles. The maximum Gasteiger partial charge on any atom is 0.244 e. The Morgan fingerprint density at radius 3 is 2.56 bits per heavy atom. The van der Waals surface area contributed by atoms with Crippen LogP contribution in [0.5, 0.6) is 0 Å². The van der Waals surface area contributed by atoms with Crippen LogP contribution < -0.4 is 5.32 Å². The topological polar surface area (TPSA) is 96.4 Å². The maximum atomic E-state index is 12.4. The molecule has 1 saturated heterocycles. The summed E-state index contributed by atoms with van der Waals surface area (Å²) in [7, 11) is -3.05. The van der Waals surface area contributed by atoms with Gasteiger partial charge in [0.15, 0.2) is 9.84 Å². The van der Waals surface area contributed by atoms with Gasteiger partial charge in [-0.1, -0.05) is 30.3 Å². The maximum absolute atomic E-state index is 12.4. The van der Waals surface area contributed by atoms with Crippen LogP contribution in [-0.2, 0) is 25.8 Å². The summed E-state index contributed by atoms with van der Waals surface area (Å²) in [5.41, 5.74) is 1.65. The van der Waals surface area contributed by atoms with E-state index in [0.717, 1.165) is 10.6 Å². The fourth-order valence-corrected chi connectivity index (χ4v) is 4.85. The molecule has 2 aromatic rings. The van der Waals surface area contributed by atoms with E-state index < -0.39 is 15.9 Å². The molecule has 0 radical (unpaired) electrons. The Morgan fingerprint density at radius 1 is 1.22 bits per heavy atom. The third kappa shape index (κ3) is 5.14. The zero-order valence-electron chi connectivity index (χ0n) is 14.9. The second-order valence-corrected chi connectivity index (χ2v) is 9.61. The van der Waals surface area contributed by atoms with E-state index in [9.17, 15) is 18.0 Å². The second kappa shape index (κ2) is 8.18. The number of nitrogens with zero attached hydrogens (tertiary/aromatic N) is 2. The van der Waals surface area contributed by atoms with Gasteiger partial charge in [0, 0.05) is 24.0 Å². The highest BCUT2D eigenvalue weighted by Gasteiger charge is 2.28. The Bertz CT molecular complexity index is 911. The Balaban J connectivity index is 1.53. The highest BCUT2D eigenvalue weighted by atomic mass is 32.2. The third-order valence-electron chi connectivity index (χ3n) is 4.32. The van der Waals surface area contributed by atoms with Crippen molar-refractivity contribution in [1.29, 1.82) is 0 Å². The van der Waals surface area contributed by atoms with Crippen molar-refractivity contribution in [2.24, 2.45) is 0 Å². The molecular formula is C18H21N3O4S2. The smallest absolute Gasteiger partial charge is 0.244 e. The van der Waals surface area contributed by atoms with Gasteiger partial charge in [-0.25, -0.2) is 13.4 Å². The summed E-state index contributed by atoms with van der Waals surface area (Å²) in [6.07, 6.45) is 0.0926. The zero-order chi connectivity index (χ0) is 19.4. The van der Waals surface area contributed by atoms with E-state index in [0.29, 0.717) is 5.69 Å². The van der Waals surface area contributed by atoms with E-state index in [2.05, 4.69) is 10.3 Å². The van der Waals surface area contributed by atoms with Gasteiger partial charge in [-0.05, 0) is 6.92 Å². The van der Waals surface area contributed by atoms with Gasteiger partial charge < -0.3 is 10.2 Å². The van der Waals surface area contributed by atoms with E-state index in [1.54, 1.807) is 6.92 Å². The van der Waals surface area contributed by atoms with Crippen LogP contribution in [0.25, 0.3) is 10.6 Å². The highest BCUT2D eigenvalue weighted by Crippen LogP contribution is 2.23. The Labute approximate surface area is 162 Å². The molecule has 2 heterocycles. The zero-order valence-corrected chi connectivity index (χ0v) is 16.6. The molecule has 3 rings (SSSR count). The van der Waals surface area contributed by atoms with E-state index in [4.69, 9.17) is 0 Å². The summed E-state index contributed by atoms with van der Waals surface area (Å²) >= 11 is 1.47. The molecule has 1 N–H and O–H groups in total. The number of sulfone groups is 1. The van der Waals surface area contributed by atoms with Crippen LogP contribution in [0.4, 0.5) is 0 Å². The van der Waals surface area contributed by atoms with Gasteiger partial charge in [0.25, 0.3) is 0 Å². The summed E-state index contributed by atoms with van der Waals surface area (Å²) in [4.78, 5) is 30.6.